The Morgan fingerprint density at radius 1 is 0.951 bits per heavy atom. The van der Waals surface area contributed by atoms with Crippen LogP contribution in [0, 0.1) is 5.92 Å². The molecule has 61 heavy (non-hydrogen) atoms. The average molecular weight is 847 g/mol. The number of allylic oxidation sites excluding steroid dienone is 2. The van der Waals surface area contributed by atoms with Crippen LogP contribution in [0.3, 0.4) is 0 Å². The summed E-state index contributed by atoms with van der Waals surface area (Å²) >= 11 is 0. The van der Waals surface area contributed by atoms with Crippen LogP contribution < -0.4 is 15.5 Å². The molecule has 5 rings (SSSR count). The Labute approximate surface area is 356 Å². The standard InChI is InChI=1S/C45H58N4O12/c1-28(10-18-39-29(2)24-38(32(5)59-39)46-40(51)19-11-30(3)58-33(6)50)9-14-36-25-45(27-57-45)26-37(60-36)17-20-41(52)48-47-31(4)34-12-15-35(16-13-34)56-23-7-8-44(55)61-49-42(53)21-22-43(49)54/h9-17,19-20,29-30,32,36-39H,7-8,18,21-27H2,1-6H3,(H,46,51)(H,48,52)/b14-9+,19-11-,20-17+,28-10+,47-31+/t29-,30-,32+,36+,37?,38+,39?,45+/m0/s1. The third-order valence-corrected chi connectivity index (χ3v) is 10.8. The molecule has 8 atom stereocenters. The molecule has 0 saturated carbocycles. The van der Waals surface area contributed by atoms with Crippen molar-refractivity contribution in [1.82, 2.24) is 15.8 Å². The molecule has 0 bridgehead atoms. The summed E-state index contributed by atoms with van der Waals surface area (Å²) in [6, 6.07) is 6.96. The van der Waals surface area contributed by atoms with E-state index in [1.165, 1.54) is 19.1 Å². The van der Waals surface area contributed by atoms with Crippen LogP contribution in [0.25, 0.3) is 0 Å². The van der Waals surface area contributed by atoms with Crippen LogP contribution >= 0.6 is 0 Å². The van der Waals surface area contributed by atoms with Crippen molar-refractivity contribution in [2.45, 2.75) is 135 Å². The third-order valence-electron chi connectivity index (χ3n) is 10.8. The Morgan fingerprint density at radius 2 is 1.62 bits per heavy atom. The number of benzene rings is 1. The number of hydrogen-bond donors (Lipinski definition) is 2. The first-order valence-electron chi connectivity index (χ1n) is 20.9. The van der Waals surface area contributed by atoms with Crippen LogP contribution in [0.5, 0.6) is 5.75 Å². The minimum Gasteiger partial charge on any atom is -0.494 e. The number of amides is 4. The molecule has 16 heteroatoms. The second-order valence-electron chi connectivity index (χ2n) is 16.1. The number of imide groups is 1. The van der Waals surface area contributed by atoms with E-state index in [9.17, 15) is 28.8 Å². The Kier molecular flexibility index (Phi) is 16.7. The summed E-state index contributed by atoms with van der Waals surface area (Å²) in [5.74, 6) is -1.98. The molecule has 0 radical (unpaired) electrons. The molecule has 2 unspecified atom stereocenters. The van der Waals surface area contributed by atoms with Crippen molar-refractivity contribution in [2.24, 2.45) is 11.0 Å². The van der Waals surface area contributed by atoms with E-state index < -0.39 is 35.8 Å². The lowest BCUT2D eigenvalue weighted by molar-refractivity contribution is -0.197. The number of hydroxylamine groups is 2. The van der Waals surface area contributed by atoms with Crippen LogP contribution in [0.4, 0.5) is 0 Å². The van der Waals surface area contributed by atoms with Gasteiger partial charge in [-0.25, -0.2) is 10.2 Å². The van der Waals surface area contributed by atoms with Gasteiger partial charge in [-0.05, 0) is 88.8 Å². The fraction of sp³-hybridized carbons (Fsp3) is 0.533. The van der Waals surface area contributed by atoms with E-state index in [4.69, 9.17) is 28.5 Å². The second kappa shape index (κ2) is 21.9. The van der Waals surface area contributed by atoms with Gasteiger partial charge in [-0.15, -0.1) is 5.06 Å². The minimum absolute atomic E-state index is 0.00307. The monoisotopic (exact) mass is 846 g/mol. The third kappa shape index (κ3) is 14.9. The van der Waals surface area contributed by atoms with E-state index in [1.807, 2.05) is 26.0 Å². The van der Waals surface area contributed by atoms with E-state index in [2.05, 4.69) is 28.8 Å². The van der Waals surface area contributed by atoms with Gasteiger partial charge in [0, 0.05) is 44.8 Å². The molecule has 16 nitrogen and oxygen atoms in total. The highest BCUT2D eigenvalue weighted by Crippen LogP contribution is 2.42. The van der Waals surface area contributed by atoms with E-state index >= 15 is 0 Å². The predicted octanol–water partition coefficient (Wildman–Crippen LogP) is 4.86. The summed E-state index contributed by atoms with van der Waals surface area (Å²) in [5.41, 5.74) is 4.73. The van der Waals surface area contributed by atoms with Gasteiger partial charge in [-0.3, -0.25) is 24.0 Å². The largest absolute Gasteiger partial charge is 0.494 e. The number of ether oxygens (including phenoxy) is 5. The fourth-order valence-corrected chi connectivity index (χ4v) is 7.24. The molecule has 4 amide bonds. The quantitative estimate of drug-likeness (QED) is 0.0298. The van der Waals surface area contributed by atoms with Crippen molar-refractivity contribution in [1.29, 1.82) is 0 Å². The van der Waals surface area contributed by atoms with Crippen molar-refractivity contribution in [3.63, 3.8) is 0 Å². The molecule has 0 aromatic heterocycles. The summed E-state index contributed by atoms with van der Waals surface area (Å²) in [6.07, 6.45) is 14.5. The van der Waals surface area contributed by atoms with Gasteiger partial charge in [0.25, 0.3) is 17.7 Å². The number of hydrazone groups is 1. The van der Waals surface area contributed by atoms with E-state index in [0.717, 1.165) is 30.4 Å². The van der Waals surface area contributed by atoms with Gasteiger partial charge in [-0.2, -0.15) is 5.10 Å². The lowest BCUT2D eigenvalue weighted by Gasteiger charge is -2.39. The highest BCUT2D eigenvalue weighted by atomic mass is 16.7. The number of carbonyl (C=O) groups excluding carboxylic acids is 6. The van der Waals surface area contributed by atoms with Gasteiger partial charge in [0.2, 0.25) is 5.91 Å². The maximum absolute atomic E-state index is 12.7. The summed E-state index contributed by atoms with van der Waals surface area (Å²) in [5, 5.41) is 7.78. The number of nitrogens with one attached hydrogen (secondary N) is 2. The van der Waals surface area contributed by atoms with Crippen molar-refractivity contribution < 1.29 is 57.3 Å². The molecule has 330 valence electrons. The minimum atomic E-state index is -0.677. The first kappa shape index (κ1) is 46.6. The van der Waals surface area contributed by atoms with Crippen LogP contribution in [0.1, 0.15) is 98.5 Å². The second-order valence-corrected chi connectivity index (χ2v) is 16.1. The highest BCUT2D eigenvalue weighted by molar-refractivity contribution is 6.01. The van der Waals surface area contributed by atoms with Gasteiger partial charge in [0.05, 0.1) is 61.4 Å². The predicted molar refractivity (Wildman–Crippen MR) is 222 cm³/mol. The molecular formula is C45H58N4O12. The van der Waals surface area contributed by atoms with Crippen molar-refractivity contribution in [2.75, 3.05) is 13.2 Å². The highest BCUT2D eigenvalue weighted by Gasteiger charge is 2.50. The van der Waals surface area contributed by atoms with Crippen LogP contribution in [0.2, 0.25) is 0 Å². The summed E-state index contributed by atoms with van der Waals surface area (Å²) in [6.45, 7) is 11.8. The normalized spacial score (nSPS) is 27.5. The maximum Gasteiger partial charge on any atom is 0.333 e. The number of hydrogen-bond acceptors (Lipinski definition) is 13. The van der Waals surface area contributed by atoms with E-state index in [0.29, 0.717) is 36.0 Å². The van der Waals surface area contributed by atoms with Crippen LogP contribution in [0.15, 0.2) is 77.5 Å². The maximum atomic E-state index is 12.7. The Balaban J connectivity index is 1.02. The number of epoxide rings is 1. The first-order chi connectivity index (χ1) is 29.1. The fourth-order valence-electron chi connectivity index (χ4n) is 7.24. The molecule has 4 saturated heterocycles. The molecule has 4 aliphatic rings. The van der Waals surface area contributed by atoms with Gasteiger partial charge < -0.3 is 33.8 Å². The SMILES string of the molecule is CC(=O)O[C@@H](C)/C=C\C(=O)N[C@@H]1C[C@H](C)C(C/C=C(C)/C=C/[C@@H]2C[C@]3(CO3)CC(/C=C/C(=O)N/N=C(\C)c3ccc(OCCCC(=O)ON4C(=O)CCC4=O)cc3)O2)O[C@@H]1C. The average Bonchev–Trinajstić information content (AvgIpc) is 3.89. The zero-order chi connectivity index (χ0) is 44.1. The molecule has 1 aromatic rings. The molecule has 1 spiro atoms. The lowest BCUT2D eigenvalue weighted by Crippen LogP contribution is -2.50. The van der Waals surface area contributed by atoms with Gasteiger partial charge in [0.15, 0.2) is 0 Å². The van der Waals surface area contributed by atoms with E-state index in [1.54, 1.807) is 50.3 Å². The smallest absolute Gasteiger partial charge is 0.333 e. The zero-order valence-electron chi connectivity index (χ0n) is 35.8. The summed E-state index contributed by atoms with van der Waals surface area (Å²) in [4.78, 5) is 76.3. The Hall–Kier alpha value is -5.45. The Bertz CT molecular complexity index is 1900. The zero-order valence-corrected chi connectivity index (χ0v) is 35.8. The van der Waals surface area contributed by atoms with Crippen LogP contribution in [-0.4, -0.2) is 102 Å². The number of nitrogens with zero attached hydrogens (tertiary/aromatic N) is 2. The van der Waals surface area contributed by atoms with E-state index in [-0.39, 0.29) is 73.8 Å². The molecule has 1 aromatic carbocycles. The molecular weight excluding hydrogens is 789 g/mol. The number of carbonyl (C=O) groups is 6. The van der Waals surface area contributed by atoms with Crippen molar-refractivity contribution >= 4 is 41.3 Å². The molecule has 2 N–H and O–H groups in total. The van der Waals surface area contributed by atoms with Gasteiger partial charge >= 0.3 is 11.9 Å². The lowest BCUT2D eigenvalue weighted by atomic mass is 9.88. The number of rotatable bonds is 18. The van der Waals surface area contributed by atoms with Crippen LogP contribution in [-0.2, 0) is 52.6 Å². The first-order valence-corrected chi connectivity index (χ1v) is 20.9. The summed E-state index contributed by atoms with van der Waals surface area (Å²) < 4.78 is 29.2. The molecule has 4 heterocycles. The Morgan fingerprint density at radius 3 is 2.28 bits per heavy atom. The molecule has 4 aliphatic heterocycles. The summed E-state index contributed by atoms with van der Waals surface area (Å²) in [7, 11) is 0. The number of esters is 1. The van der Waals surface area contributed by atoms with Gasteiger partial charge in [-0.1, -0.05) is 36.8 Å². The topological polar surface area (TPSA) is 201 Å². The van der Waals surface area contributed by atoms with Gasteiger partial charge in [0.1, 0.15) is 11.9 Å². The van der Waals surface area contributed by atoms with Crippen molar-refractivity contribution in [3.05, 3.63) is 77.9 Å². The van der Waals surface area contributed by atoms with Crippen molar-refractivity contribution in [3.8, 4) is 5.75 Å². The molecule has 0 aliphatic carbocycles. The molecule has 4 fully saturated rings.